The largest absolute Gasteiger partial charge is 0.465 e. The normalized spacial score (nSPS) is 11.8. The molecule has 0 fully saturated rings. The van der Waals surface area contributed by atoms with Crippen LogP contribution in [0.3, 0.4) is 0 Å². The Kier molecular flexibility index (Phi) is 5.35. The van der Waals surface area contributed by atoms with Gasteiger partial charge >= 0.3 is 11.9 Å². The van der Waals surface area contributed by atoms with Crippen molar-refractivity contribution in [3.8, 4) is 0 Å². The second kappa shape index (κ2) is 7.86. The van der Waals surface area contributed by atoms with E-state index in [1.165, 1.54) is 14.2 Å². The van der Waals surface area contributed by atoms with Crippen molar-refractivity contribution in [2.75, 3.05) is 14.2 Å². The van der Waals surface area contributed by atoms with E-state index in [2.05, 4.69) is 9.72 Å². The molecule has 0 aliphatic carbocycles. The van der Waals surface area contributed by atoms with Gasteiger partial charge in [0, 0.05) is 29.4 Å². The van der Waals surface area contributed by atoms with E-state index in [0.717, 1.165) is 22.0 Å². The van der Waals surface area contributed by atoms with Crippen LogP contribution in [0.4, 0.5) is 0 Å². The molecule has 3 aromatic rings. The Morgan fingerprint density at radius 2 is 1.74 bits per heavy atom. The number of nitrogens with one attached hydrogen (secondary N) is 1. The second-order valence-corrected chi connectivity index (χ2v) is 6.08. The quantitative estimate of drug-likeness (QED) is 0.535. The number of hydrogen-bond acceptors (Lipinski definition) is 5. The molecule has 0 radical (unpaired) electrons. The maximum absolute atomic E-state index is 12.2. The lowest BCUT2D eigenvalue weighted by Gasteiger charge is -2.16. The van der Waals surface area contributed by atoms with Crippen molar-refractivity contribution in [1.29, 1.82) is 0 Å². The maximum atomic E-state index is 12.2. The molecule has 0 saturated heterocycles. The number of aromatic nitrogens is 1. The fourth-order valence-corrected chi connectivity index (χ4v) is 3.16. The number of carbonyl (C=O) groups is 3. The van der Waals surface area contributed by atoms with E-state index < -0.39 is 17.7 Å². The van der Waals surface area contributed by atoms with E-state index in [0.29, 0.717) is 5.56 Å². The van der Waals surface area contributed by atoms with Crippen LogP contribution in [0.2, 0.25) is 0 Å². The van der Waals surface area contributed by atoms with E-state index in [1.807, 2.05) is 36.4 Å². The Labute approximate surface area is 156 Å². The molecule has 1 aromatic heterocycles. The SMILES string of the molecule is COC(=O)C(=O)C[C@H](c1ccccc1)c1c[nH]c2cc(C(=O)OC)ccc12. The summed E-state index contributed by atoms with van der Waals surface area (Å²) in [6.07, 6.45) is 1.79. The van der Waals surface area contributed by atoms with Crippen molar-refractivity contribution < 1.29 is 23.9 Å². The van der Waals surface area contributed by atoms with Crippen LogP contribution in [-0.4, -0.2) is 36.9 Å². The first-order chi connectivity index (χ1) is 13.0. The molecule has 138 valence electrons. The van der Waals surface area contributed by atoms with Gasteiger partial charge in [-0.15, -0.1) is 0 Å². The smallest absolute Gasteiger partial charge is 0.374 e. The first kappa shape index (κ1) is 18.4. The van der Waals surface area contributed by atoms with E-state index in [-0.39, 0.29) is 12.3 Å². The third kappa shape index (κ3) is 3.74. The van der Waals surface area contributed by atoms with Gasteiger partial charge in [0.2, 0.25) is 5.78 Å². The molecular weight excluding hydrogens is 346 g/mol. The minimum Gasteiger partial charge on any atom is -0.465 e. The number of hydrogen-bond donors (Lipinski definition) is 1. The first-order valence-corrected chi connectivity index (χ1v) is 8.40. The summed E-state index contributed by atoms with van der Waals surface area (Å²) in [6.45, 7) is 0. The van der Waals surface area contributed by atoms with Crippen LogP contribution in [0.15, 0.2) is 54.7 Å². The van der Waals surface area contributed by atoms with E-state index in [9.17, 15) is 14.4 Å². The lowest BCUT2D eigenvalue weighted by atomic mass is 9.86. The molecule has 6 nitrogen and oxygen atoms in total. The Morgan fingerprint density at radius 3 is 2.41 bits per heavy atom. The predicted molar refractivity (Wildman–Crippen MR) is 99.6 cm³/mol. The maximum Gasteiger partial charge on any atom is 0.374 e. The average molecular weight is 365 g/mol. The molecule has 0 bridgehead atoms. The standard InChI is InChI=1S/C21H19NO5/c1-26-20(24)14-8-9-15-17(12-22-18(15)10-14)16(11-19(23)21(25)27-2)13-6-4-3-5-7-13/h3-10,12,16,22H,11H2,1-2H3/t16-/m1/s1. The number of benzene rings is 2. The summed E-state index contributed by atoms with van der Waals surface area (Å²) in [5.74, 6) is -2.19. The van der Waals surface area contributed by atoms with Crippen LogP contribution in [0, 0.1) is 0 Å². The van der Waals surface area contributed by atoms with Crippen molar-refractivity contribution in [2.45, 2.75) is 12.3 Å². The molecule has 0 saturated carbocycles. The summed E-state index contributed by atoms with van der Waals surface area (Å²) in [5, 5.41) is 0.870. The van der Waals surface area contributed by atoms with E-state index in [1.54, 1.807) is 18.3 Å². The molecular formula is C21H19NO5. The zero-order chi connectivity index (χ0) is 19.4. The van der Waals surface area contributed by atoms with Crippen molar-refractivity contribution >= 4 is 28.6 Å². The van der Waals surface area contributed by atoms with Gasteiger partial charge in [-0.3, -0.25) is 4.79 Å². The summed E-state index contributed by atoms with van der Waals surface area (Å²) in [7, 11) is 2.52. The number of ketones is 1. The summed E-state index contributed by atoms with van der Waals surface area (Å²) < 4.78 is 9.31. The number of carbonyl (C=O) groups excluding carboxylic acids is 3. The highest BCUT2D eigenvalue weighted by atomic mass is 16.5. The molecule has 0 aliphatic heterocycles. The molecule has 0 amide bonds. The number of Topliss-reactive ketones (excluding diaryl/α,β-unsaturated/α-hetero) is 1. The minimum atomic E-state index is -0.858. The third-order valence-corrected chi connectivity index (χ3v) is 4.51. The highest BCUT2D eigenvalue weighted by molar-refractivity contribution is 6.33. The Balaban J connectivity index is 2.05. The summed E-state index contributed by atoms with van der Waals surface area (Å²) in [5.41, 5.74) is 2.96. The van der Waals surface area contributed by atoms with Gasteiger partial charge in [-0.05, 0) is 23.3 Å². The van der Waals surface area contributed by atoms with Crippen LogP contribution in [0.1, 0.15) is 33.8 Å². The van der Waals surface area contributed by atoms with Gasteiger partial charge < -0.3 is 14.5 Å². The molecule has 1 heterocycles. The Morgan fingerprint density at radius 1 is 1.00 bits per heavy atom. The van der Waals surface area contributed by atoms with Gasteiger partial charge in [-0.2, -0.15) is 0 Å². The van der Waals surface area contributed by atoms with Crippen LogP contribution in [0.5, 0.6) is 0 Å². The molecule has 0 spiro atoms. The van der Waals surface area contributed by atoms with Crippen molar-refractivity contribution in [2.24, 2.45) is 0 Å². The zero-order valence-electron chi connectivity index (χ0n) is 15.0. The van der Waals surface area contributed by atoms with Crippen molar-refractivity contribution in [3.05, 3.63) is 71.4 Å². The molecule has 3 rings (SSSR count). The van der Waals surface area contributed by atoms with E-state index in [4.69, 9.17) is 4.74 Å². The molecule has 2 aromatic carbocycles. The highest BCUT2D eigenvalue weighted by Crippen LogP contribution is 2.34. The van der Waals surface area contributed by atoms with Crippen LogP contribution in [-0.2, 0) is 19.1 Å². The van der Waals surface area contributed by atoms with Crippen LogP contribution >= 0.6 is 0 Å². The van der Waals surface area contributed by atoms with Gasteiger partial charge in [0.05, 0.1) is 19.8 Å². The number of fused-ring (bicyclic) bond motifs is 1. The molecule has 1 N–H and O–H groups in total. The number of methoxy groups -OCH3 is 2. The third-order valence-electron chi connectivity index (χ3n) is 4.51. The second-order valence-electron chi connectivity index (χ2n) is 6.08. The lowest BCUT2D eigenvalue weighted by Crippen LogP contribution is -2.19. The Bertz CT molecular complexity index is 990. The average Bonchev–Trinajstić information content (AvgIpc) is 3.14. The van der Waals surface area contributed by atoms with Crippen LogP contribution in [0.25, 0.3) is 10.9 Å². The fourth-order valence-electron chi connectivity index (χ4n) is 3.16. The molecule has 0 unspecified atom stereocenters. The minimum absolute atomic E-state index is 0.0115. The first-order valence-electron chi connectivity index (χ1n) is 8.40. The van der Waals surface area contributed by atoms with Gasteiger partial charge in [-0.1, -0.05) is 36.4 Å². The topological polar surface area (TPSA) is 85.5 Å². The van der Waals surface area contributed by atoms with Crippen LogP contribution < -0.4 is 0 Å². The lowest BCUT2D eigenvalue weighted by molar-refractivity contribution is -0.151. The highest BCUT2D eigenvalue weighted by Gasteiger charge is 2.25. The summed E-state index contributed by atoms with van der Waals surface area (Å²) >= 11 is 0. The van der Waals surface area contributed by atoms with Crippen molar-refractivity contribution in [3.63, 3.8) is 0 Å². The van der Waals surface area contributed by atoms with E-state index >= 15 is 0 Å². The van der Waals surface area contributed by atoms with Crippen molar-refractivity contribution in [1.82, 2.24) is 4.98 Å². The summed E-state index contributed by atoms with van der Waals surface area (Å²) in [6, 6.07) is 14.7. The van der Waals surface area contributed by atoms with Gasteiger partial charge in [0.15, 0.2) is 0 Å². The van der Waals surface area contributed by atoms with Gasteiger partial charge in [-0.25, -0.2) is 9.59 Å². The van der Waals surface area contributed by atoms with Gasteiger partial charge in [0.1, 0.15) is 0 Å². The monoisotopic (exact) mass is 365 g/mol. The molecule has 27 heavy (non-hydrogen) atoms. The number of rotatable bonds is 6. The molecule has 0 aliphatic rings. The Hall–Kier alpha value is -3.41. The molecule has 1 atom stereocenters. The molecule has 6 heteroatoms. The number of H-pyrrole nitrogens is 1. The number of aromatic amines is 1. The van der Waals surface area contributed by atoms with Gasteiger partial charge in [0.25, 0.3) is 0 Å². The number of ether oxygens (including phenoxy) is 2. The zero-order valence-corrected chi connectivity index (χ0v) is 15.0. The fraction of sp³-hybridized carbons (Fsp3) is 0.190. The number of esters is 2. The summed E-state index contributed by atoms with van der Waals surface area (Å²) in [4.78, 5) is 38.7. The predicted octanol–water partition coefficient (Wildman–Crippen LogP) is 3.22.